The minimum absolute atomic E-state index is 0.0750. The zero-order chi connectivity index (χ0) is 31.6. The molecule has 0 aromatic heterocycles. The number of ether oxygens (including phenoxy) is 1. The average molecular weight is 595 g/mol. The van der Waals surface area contributed by atoms with Gasteiger partial charge < -0.3 is 31.1 Å². The van der Waals surface area contributed by atoms with Crippen LogP contribution in [-0.2, 0) is 27.2 Å². The average Bonchev–Trinajstić information content (AvgIpc) is 2.95. The Balaban J connectivity index is 1.82. The monoisotopic (exact) mass is 594 g/mol. The molecule has 4 atom stereocenters. The van der Waals surface area contributed by atoms with Crippen molar-refractivity contribution in [2.24, 2.45) is 17.6 Å². The number of carbonyl (C=O) groups is 3. The van der Waals surface area contributed by atoms with Crippen LogP contribution in [0.15, 0.2) is 60.7 Å². The number of alkyl carbamates (subject to hydrolysis) is 1. The van der Waals surface area contributed by atoms with Crippen molar-refractivity contribution in [1.29, 1.82) is 0 Å². The second kappa shape index (κ2) is 15.9. The number of amides is 3. The molecule has 1 heterocycles. The zero-order valence-corrected chi connectivity index (χ0v) is 26.3. The topological polar surface area (TPSA) is 134 Å². The Labute approximate surface area is 256 Å². The maximum Gasteiger partial charge on any atom is 0.407 e. The summed E-state index contributed by atoms with van der Waals surface area (Å²) in [6, 6.07) is 17.8. The summed E-state index contributed by atoms with van der Waals surface area (Å²) in [6.07, 6.45) is 0.566. The molecule has 5 N–H and O–H groups in total. The van der Waals surface area contributed by atoms with E-state index >= 15 is 0 Å². The fourth-order valence-corrected chi connectivity index (χ4v) is 5.35. The first-order chi connectivity index (χ1) is 20.3. The van der Waals surface area contributed by atoms with E-state index in [1.165, 1.54) is 0 Å². The number of aliphatic hydroxyl groups excluding tert-OH is 1. The van der Waals surface area contributed by atoms with Crippen LogP contribution in [0.2, 0.25) is 0 Å². The maximum absolute atomic E-state index is 13.9. The maximum atomic E-state index is 13.9. The Kier molecular flexibility index (Phi) is 12.6. The predicted molar refractivity (Wildman–Crippen MR) is 168 cm³/mol. The Hall–Kier alpha value is -3.43. The molecule has 0 aliphatic carbocycles. The number of rotatable bonds is 12. The molecule has 236 valence electrons. The van der Waals surface area contributed by atoms with Gasteiger partial charge in [-0.2, -0.15) is 0 Å². The molecule has 2 aromatic carbocycles. The normalized spacial score (nSPS) is 17.1. The SMILES string of the molecule is CC(C)[C@H](NC(=O)[C@@H](Cc1ccccc1)C[C@@H](O)[C@H](Cc1ccccc1)NC(=O)OC(C)(C)C)C(=O)N1CCC(N)CC1. The number of nitrogens with one attached hydrogen (secondary N) is 2. The van der Waals surface area contributed by atoms with Crippen molar-refractivity contribution in [3.8, 4) is 0 Å². The van der Waals surface area contributed by atoms with E-state index < -0.39 is 35.8 Å². The van der Waals surface area contributed by atoms with Crippen LogP contribution >= 0.6 is 0 Å². The van der Waals surface area contributed by atoms with Crippen molar-refractivity contribution in [3.05, 3.63) is 71.8 Å². The summed E-state index contributed by atoms with van der Waals surface area (Å²) in [5.41, 5.74) is 7.20. The molecule has 1 aliphatic heterocycles. The first-order valence-electron chi connectivity index (χ1n) is 15.4. The summed E-state index contributed by atoms with van der Waals surface area (Å²) in [7, 11) is 0. The number of hydrogen-bond donors (Lipinski definition) is 4. The van der Waals surface area contributed by atoms with Gasteiger partial charge in [0, 0.05) is 25.0 Å². The molecule has 9 heteroatoms. The van der Waals surface area contributed by atoms with E-state index in [0.717, 1.165) is 24.0 Å². The van der Waals surface area contributed by atoms with Crippen LogP contribution in [0.1, 0.15) is 65.0 Å². The van der Waals surface area contributed by atoms with Gasteiger partial charge in [-0.05, 0) is 69.9 Å². The van der Waals surface area contributed by atoms with Crippen molar-refractivity contribution in [2.45, 2.75) is 96.6 Å². The summed E-state index contributed by atoms with van der Waals surface area (Å²) in [4.78, 5) is 41.9. The lowest BCUT2D eigenvalue weighted by molar-refractivity contribution is -0.139. The van der Waals surface area contributed by atoms with Crippen LogP contribution in [0.3, 0.4) is 0 Å². The van der Waals surface area contributed by atoms with Gasteiger partial charge in [0.25, 0.3) is 0 Å². The number of piperidine rings is 1. The molecule has 2 aromatic rings. The van der Waals surface area contributed by atoms with Crippen LogP contribution < -0.4 is 16.4 Å². The van der Waals surface area contributed by atoms with Crippen molar-refractivity contribution < 1.29 is 24.2 Å². The highest BCUT2D eigenvalue weighted by atomic mass is 16.6. The second-order valence-electron chi connectivity index (χ2n) is 13.0. The summed E-state index contributed by atoms with van der Waals surface area (Å²) >= 11 is 0. The van der Waals surface area contributed by atoms with E-state index in [2.05, 4.69) is 10.6 Å². The van der Waals surface area contributed by atoms with E-state index in [1.807, 2.05) is 74.5 Å². The highest BCUT2D eigenvalue weighted by Gasteiger charge is 2.34. The Morgan fingerprint density at radius 1 is 0.930 bits per heavy atom. The molecule has 0 saturated carbocycles. The summed E-state index contributed by atoms with van der Waals surface area (Å²) < 4.78 is 5.48. The van der Waals surface area contributed by atoms with Crippen LogP contribution in [0.5, 0.6) is 0 Å². The number of nitrogens with two attached hydrogens (primary N) is 1. The minimum atomic E-state index is -1.07. The number of aliphatic hydroxyl groups is 1. The standard InChI is InChI=1S/C34H50N4O5/c1-23(2)30(32(41)38-18-16-27(35)17-19-38)37-31(40)26(20-24-12-8-6-9-13-24)22-29(39)28(21-25-14-10-7-11-15-25)36-33(42)43-34(3,4)5/h6-15,23,26-30,39H,16-22,35H2,1-5H3,(H,36,42)(H,37,40)/t26-,28-,29+,30-/m0/s1. The highest BCUT2D eigenvalue weighted by molar-refractivity contribution is 5.89. The van der Waals surface area contributed by atoms with E-state index in [0.29, 0.717) is 25.9 Å². The molecular weight excluding hydrogens is 544 g/mol. The van der Waals surface area contributed by atoms with E-state index in [1.54, 1.807) is 25.7 Å². The van der Waals surface area contributed by atoms with E-state index in [-0.39, 0.29) is 30.2 Å². The van der Waals surface area contributed by atoms with Crippen LogP contribution in [-0.4, -0.2) is 70.8 Å². The number of hydrogen-bond acceptors (Lipinski definition) is 6. The molecule has 3 rings (SSSR count). The van der Waals surface area contributed by atoms with Crippen LogP contribution in [0.25, 0.3) is 0 Å². The van der Waals surface area contributed by atoms with E-state index in [9.17, 15) is 19.5 Å². The van der Waals surface area contributed by atoms with Gasteiger partial charge >= 0.3 is 6.09 Å². The highest BCUT2D eigenvalue weighted by Crippen LogP contribution is 2.21. The van der Waals surface area contributed by atoms with Crippen molar-refractivity contribution in [3.63, 3.8) is 0 Å². The third kappa shape index (κ3) is 11.3. The van der Waals surface area contributed by atoms with Gasteiger partial charge in [0.2, 0.25) is 11.8 Å². The van der Waals surface area contributed by atoms with Gasteiger partial charge in [-0.15, -0.1) is 0 Å². The molecule has 43 heavy (non-hydrogen) atoms. The molecule has 0 unspecified atom stereocenters. The Bertz CT molecular complexity index is 1160. The molecule has 1 saturated heterocycles. The van der Waals surface area contributed by atoms with Crippen LogP contribution in [0, 0.1) is 11.8 Å². The first kappa shape index (κ1) is 34.1. The fraction of sp³-hybridized carbons (Fsp3) is 0.559. The number of benzene rings is 2. The molecule has 3 amide bonds. The molecule has 9 nitrogen and oxygen atoms in total. The molecule has 0 bridgehead atoms. The van der Waals surface area contributed by atoms with Crippen molar-refractivity contribution in [2.75, 3.05) is 13.1 Å². The second-order valence-corrected chi connectivity index (χ2v) is 13.0. The van der Waals surface area contributed by atoms with Crippen molar-refractivity contribution in [1.82, 2.24) is 15.5 Å². The van der Waals surface area contributed by atoms with Gasteiger partial charge in [-0.25, -0.2) is 4.79 Å². The molecule has 1 fully saturated rings. The molecule has 0 radical (unpaired) electrons. The fourth-order valence-electron chi connectivity index (χ4n) is 5.35. The Morgan fingerprint density at radius 2 is 1.47 bits per heavy atom. The number of carbonyl (C=O) groups excluding carboxylic acids is 3. The quantitative estimate of drug-likeness (QED) is 0.295. The molecule has 1 aliphatic rings. The van der Waals surface area contributed by atoms with Crippen molar-refractivity contribution >= 4 is 17.9 Å². The first-order valence-corrected chi connectivity index (χ1v) is 15.4. The summed E-state index contributed by atoms with van der Waals surface area (Å²) in [5.74, 6) is -1.20. The Morgan fingerprint density at radius 3 is 1.98 bits per heavy atom. The lowest BCUT2D eigenvalue weighted by Gasteiger charge is -2.35. The van der Waals surface area contributed by atoms with E-state index in [4.69, 9.17) is 10.5 Å². The van der Waals surface area contributed by atoms with Gasteiger partial charge in [0.1, 0.15) is 11.6 Å². The van der Waals surface area contributed by atoms with Gasteiger partial charge in [-0.3, -0.25) is 9.59 Å². The number of likely N-dealkylation sites (tertiary alicyclic amines) is 1. The summed E-state index contributed by atoms with van der Waals surface area (Å²) in [5, 5.41) is 17.4. The van der Waals surface area contributed by atoms with Crippen LogP contribution in [0.4, 0.5) is 4.79 Å². The lowest BCUT2D eigenvalue weighted by Crippen LogP contribution is -2.55. The lowest BCUT2D eigenvalue weighted by atomic mass is 9.88. The smallest absolute Gasteiger partial charge is 0.407 e. The molecule has 0 spiro atoms. The minimum Gasteiger partial charge on any atom is -0.444 e. The number of nitrogens with zero attached hydrogens (tertiary/aromatic N) is 1. The summed E-state index contributed by atoms with van der Waals surface area (Å²) in [6.45, 7) is 10.3. The van der Waals surface area contributed by atoms with Gasteiger partial charge in [0.05, 0.1) is 12.1 Å². The van der Waals surface area contributed by atoms with Gasteiger partial charge in [-0.1, -0.05) is 74.5 Å². The predicted octanol–water partition coefficient (Wildman–Crippen LogP) is 3.82. The zero-order valence-electron chi connectivity index (χ0n) is 26.3. The third-order valence-corrected chi connectivity index (χ3v) is 7.77. The molecular formula is C34H50N4O5. The third-order valence-electron chi connectivity index (χ3n) is 7.77. The van der Waals surface area contributed by atoms with Gasteiger partial charge in [0.15, 0.2) is 0 Å². The largest absolute Gasteiger partial charge is 0.444 e.